The van der Waals surface area contributed by atoms with E-state index in [9.17, 15) is 4.79 Å². The minimum Gasteiger partial charge on any atom is -0.360 e. The zero-order valence-electron chi connectivity index (χ0n) is 11.9. The van der Waals surface area contributed by atoms with Crippen LogP contribution in [0.3, 0.4) is 0 Å². The molecule has 7 nitrogen and oxygen atoms in total. The third-order valence-electron chi connectivity index (χ3n) is 3.42. The Bertz CT molecular complexity index is 617. The Morgan fingerprint density at radius 2 is 2.05 bits per heavy atom. The first-order valence-electron chi connectivity index (χ1n) is 7.04. The fourth-order valence-corrected chi connectivity index (χ4v) is 2.33. The van der Waals surface area contributed by atoms with Gasteiger partial charge < -0.3 is 14.7 Å². The van der Waals surface area contributed by atoms with Crippen LogP contribution in [-0.4, -0.2) is 34.1 Å². The molecule has 2 aromatic rings. The Balaban J connectivity index is 1.67. The topological polar surface area (TPSA) is 84.2 Å². The Morgan fingerprint density at radius 1 is 1.24 bits per heavy atom. The maximum absolute atomic E-state index is 12.0. The van der Waals surface area contributed by atoms with E-state index in [2.05, 4.69) is 25.3 Å². The molecule has 7 heteroatoms. The van der Waals surface area contributed by atoms with Crippen LogP contribution in [0.25, 0.3) is 0 Å². The predicted molar refractivity (Wildman–Crippen MR) is 77.3 cm³/mol. The third-order valence-corrected chi connectivity index (χ3v) is 3.42. The molecule has 1 N–H and O–H groups in total. The van der Waals surface area contributed by atoms with Gasteiger partial charge in [-0.3, -0.25) is 4.79 Å². The molecule has 0 spiro atoms. The molecule has 0 aromatic carbocycles. The van der Waals surface area contributed by atoms with E-state index in [1.165, 1.54) is 25.5 Å². The van der Waals surface area contributed by atoms with E-state index in [0.29, 0.717) is 11.6 Å². The summed E-state index contributed by atoms with van der Waals surface area (Å²) < 4.78 is 4.89. The van der Waals surface area contributed by atoms with Gasteiger partial charge in [-0.1, -0.05) is 5.16 Å². The molecule has 3 heterocycles. The van der Waals surface area contributed by atoms with Crippen molar-refractivity contribution in [3.05, 3.63) is 29.9 Å². The molecule has 1 amide bonds. The van der Waals surface area contributed by atoms with Crippen LogP contribution in [0, 0.1) is 6.92 Å². The molecule has 1 saturated heterocycles. The zero-order chi connectivity index (χ0) is 14.7. The fourth-order valence-electron chi connectivity index (χ4n) is 2.33. The van der Waals surface area contributed by atoms with Crippen molar-refractivity contribution in [3.8, 4) is 0 Å². The summed E-state index contributed by atoms with van der Waals surface area (Å²) in [6, 6.07) is 1.65. The van der Waals surface area contributed by atoms with E-state index in [4.69, 9.17) is 4.52 Å². The van der Waals surface area contributed by atoms with E-state index in [0.717, 1.165) is 18.9 Å². The largest absolute Gasteiger partial charge is 0.360 e. The molecule has 0 saturated carbocycles. The first-order chi connectivity index (χ1) is 10.2. The Labute approximate surface area is 122 Å². The number of aryl methyl sites for hydroxylation is 1. The van der Waals surface area contributed by atoms with E-state index >= 15 is 0 Å². The Morgan fingerprint density at radius 3 is 2.67 bits per heavy atom. The van der Waals surface area contributed by atoms with Crippen molar-refractivity contribution in [1.29, 1.82) is 0 Å². The van der Waals surface area contributed by atoms with Crippen LogP contribution < -0.4 is 10.2 Å². The summed E-state index contributed by atoms with van der Waals surface area (Å²) in [6.45, 7) is 3.76. The number of hydrogen-bond acceptors (Lipinski definition) is 6. The molecular formula is C14H17N5O2. The fraction of sp³-hybridized carbons (Fsp3) is 0.429. The van der Waals surface area contributed by atoms with E-state index < -0.39 is 0 Å². The van der Waals surface area contributed by atoms with Gasteiger partial charge in [0.2, 0.25) is 0 Å². The number of anilines is 2. The number of carbonyl (C=O) groups excluding carboxylic acids is 1. The van der Waals surface area contributed by atoms with Gasteiger partial charge in [0.05, 0.1) is 12.4 Å². The molecule has 1 fully saturated rings. The summed E-state index contributed by atoms with van der Waals surface area (Å²) in [7, 11) is 0. The maximum atomic E-state index is 12.0. The van der Waals surface area contributed by atoms with Crippen molar-refractivity contribution in [2.24, 2.45) is 0 Å². The van der Waals surface area contributed by atoms with E-state index in [1.807, 2.05) is 0 Å². The number of nitrogens with one attached hydrogen (secondary N) is 1. The van der Waals surface area contributed by atoms with Crippen LogP contribution in [0.1, 0.15) is 35.5 Å². The normalized spacial score (nSPS) is 15.0. The van der Waals surface area contributed by atoms with Crippen LogP contribution >= 0.6 is 0 Å². The lowest BCUT2D eigenvalue weighted by Crippen LogP contribution is -2.30. The first-order valence-corrected chi connectivity index (χ1v) is 7.04. The lowest BCUT2D eigenvalue weighted by Gasteiger charge is -2.27. The SMILES string of the molecule is Cc1cc(NC(=O)c2cnc(N3CCCCC3)cn2)no1. The molecule has 2 aromatic heterocycles. The van der Waals surface area contributed by atoms with Gasteiger partial charge in [0.15, 0.2) is 5.82 Å². The van der Waals surface area contributed by atoms with Crippen molar-refractivity contribution < 1.29 is 9.32 Å². The number of rotatable bonds is 3. The van der Waals surface area contributed by atoms with E-state index in [-0.39, 0.29) is 11.6 Å². The Kier molecular flexibility index (Phi) is 3.81. The predicted octanol–water partition coefficient (Wildman–Crippen LogP) is 2.02. The summed E-state index contributed by atoms with van der Waals surface area (Å²) >= 11 is 0. The standard InChI is InChI=1S/C14H17N5O2/c1-10-7-12(18-21-10)17-14(20)11-8-16-13(9-15-11)19-5-3-2-4-6-19/h7-9H,2-6H2,1H3,(H,17,18,20). The third kappa shape index (κ3) is 3.18. The van der Waals surface area contributed by atoms with Crippen molar-refractivity contribution >= 4 is 17.5 Å². The number of carbonyl (C=O) groups is 1. The molecule has 0 aliphatic carbocycles. The van der Waals surface area contributed by atoms with Gasteiger partial charge in [-0.15, -0.1) is 0 Å². The molecule has 1 aliphatic rings. The molecule has 3 rings (SSSR count). The highest BCUT2D eigenvalue weighted by Crippen LogP contribution is 2.16. The van der Waals surface area contributed by atoms with Gasteiger partial charge in [0.1, 0.15) is 17.3 Å². The van der Waals surface area contributed by atoms with Crippen molar-refractivity contribution in [2.75, 3.05) is 23.3 Å². The molecule has 1 aliphatic heterocycles. The highest BCUT2D eigenvalue weighted by molar-refractivity contribution is 6.02. The molecular weight excluding hydrogens is 270 g/mol. The maximum Gasteiger partial charge on any atom is 0.277 e. The molecule has 21 heavy (non-hydrogen) atoms. The zero-order valence-corrected chi connectivity index (χ0v) is 11.9. The lowest BCUT2D eigenvalue weighted by atomic mass is 10.1. The minimum atomic E-state index is -0.346. The highest BCUT2D eigenvalue weighted by atomic mass is 16.5. The summed E-state index contributed by atoms with van der Waals surface area (Å²) in [4.78, 5) is 22.7. The smallest absolute Gasteiger partial charge is 0.277 e. The van der Waals surface area contributed by atoms with Crippen molar-refractivity contribution in [3.63, 3.8) is 0 Å². The van der Waals surface area contributed by atoms with Gasteiger partial charge in [0, 0.05) is 19.2 Å². The van der Waals surface area contributed by atoms with Gasteiger partial charge >= 0.3 is 0 Å². The average molecular weight is 287 g/mol. The molecule has 110 valence electrons. The minimum absolute atomic E-state index is 0.261. The number of hydrogen-bond donors (Lipinski definition) is 1. The number of aromatic nitrogens is 3. The first kappa shape index (κ1) is 13.5. The molecule has 0 atom stereocenters. The number of nitrogens with zero attached hydrogens (tertiary/aromatic N) is 4. The van der Waals surface area contributed by atoms with Crippen LogP contribution in [0.2, 0.25) is 0 Å². The van der Waals surface area contributed by atoms with Gasteiger partial charge in [-0.2, -0.15) is 0 Å². The molecule has 0 radical (unpaired) electrons. The molecule has 0 unspecified atom stereocenters. The quantitative estimate of drug-likeness (QED) is 0.929. The average Bonchev–Trinajstić information content (AvgIpc) is 2.93. The lowest BCUT2D eigenvalue weighted by molar-refractivity contribution is 0.102. The van der Waals surface area contributed by atoms with Crippen molar-refractivity contribution in [2.45, 2.75) is 26.2 Å². The summed E-state index contributed by atoms with van der Waals surface area (Å²) in [5.74, 6) is 1.49. The number of amides is 1. The van der Waals surface area contributed by atoms with Crippen LogP contribution in [0.15, 0.2) is 23.0 Å². The molecule has 0 bridgehead atoms. The monoisotopic (exact) mass is 287 g/mol. The van der Waals surface area contributed by atoms with Crippen LogP contribution in [-0.2, 0) is 0 Å². The van der Waals surface area contributed by atoms with Crippen molar-refractivity contribution in [1.82, 2.24) is 15.1 Å². The Hall–Kier alpha value is -2.44. The number of piperidine rings is 1. The second-order valence-electron chi connectivity index (χ2n) is 5.08. The summed E-state index contributed by atoms with van der Waals surface area (Å²) in [5, 5.41) is 6.33. The van der Waals surface area contributed by atoms with Crippen LogP contribution in [0.4, 0.5) is 11.6 Å². The highest BCUT2D eigenvalue weighted by Gasteiger charge is 2.15. The van der Waals surface area contributed by atoms with Gasteiger partial charge in [0.25, 0.3) is 5.91 Å². The second-order valence-corrected chi connectivity index (χ2v) is 5.08. The van der Waals surface area contributed by atoms with Gasteiger partial charge in [-0.25, -0.2) is 9.97 Å². The van der Waals surface area contributed by atoms with Crippen LogP contribution in [0.5, 0.6) is 0 Å². The van der Waals surface area contributed by atoms with E-state index in [1.54, 1.807) is 19.2 Å². The second kappa shape index (κ2) is 5.90. The summed E-state index contributed by atoms with van der Waals surface area (Å²) in [6.07, 6.45) is 6.76. The summed E-state index contributed by atoms with van der Waals surface area (Å²) in [5.41, 5.74) is 0.261. The van der Waals surface area contributed by atoms with Gasteiger partial charge in [-0.05, 0) is 26.2 Å².